The zero-order chi connectivity index (χ0) is 29.1. The molecule has 2 aromatic rings. The maximum Gasteiger partial charge on any atom is 0.255 e. The highest BCUT2D eigenvalue weighted by Gasteiger charge is 2.28. The fourth-order valence-electron chi connectivity index (χ4n) is 4.13. The van der Waals surface area contributed by atoms with Gasteiger partial charge in [0.1, 0.15) is 0 Å². The highest BCUT2D eigenvalue weighted by molar-refractivity contribution is 7.99. The molecule has 9 nitrogen and oxygen atoms in total. The van der Waals surface area contributed by atoms with E-state index < -0.39 is 0 Å². The number of anilines is 3. The molecule has 1 amide bonds. The minimum absolute atomic E-state index is 0.131. The molecule has 0 heterocycles. The summed E-state index contributed by atoms with van der Waals surface area (Å²) in [5.41, 5.74) is 13.0. The predicted molar refractivity (Wildman–Crippen MR) is 164 cm³/mol. The Morgan fingerprint density at radius 3 is 2.33 bits per heavy atom. The first-order valence-electron chi connectivity index (χ1n) is 12.9. The summed E-state index contributed by atoms with van der Waals surface area (Å²) in [4.78, 5) is 13.4. The van der Waals surface area contributed by atoms with Crippen LogP contribution in [0.1, 0.15) is 68.9 Å². The molecule has 0 unspecified atom stereocenters. The SMILES string of the molecule is COc1c(NSC)cc(C(C)(C)C)cc1NC(=O)c1ccc(C)c(N(N)/C=C(N)/C(C)=C(\C)N(N)C2CC2)c1. The van der Waals surface area contributed by atoms with Crippen molar-refractivity contribution >= 4 is 34.9 Å². The Balaban J connectivity index is 1.91. The van der Waals surface area contributed by atoms with Gasteiger partial charge in [0.25, 0.3) is 5.91 Å². The molecule has 2 aromatic carbocycles. The lowest BCUT2D eigenvalue weighted by Crippen LogP contribution is -2.33. The van der Waals surface area contributed by atoms with E-state index in [0.29, 0.717) is 34.4 Å². The number of benzene rings is 2. The Labute approximate surface area is 236 Å². The Hall–Kier alpha value is -3.34. The van der Waals surface area contributed by atoms with Crippen LogP contribution < -0.4 is 37.2 Å². The number of hydrazine groups is 2. The van der Waals surface area contributed by atoms with Gasteiger partial charge in [0.05, 0.1) is 29.9 Å². The average molecular weight is 554 g/mol. The predicted octanol–water partition coefficient (Wildman–Crippen LogP) is 5.36. The van der Waals surface area contributed by atoms with Crippen LogP contribution in [0.4, 0.5) is 17.1 Å². The number of methoxy groups -OCH3 is 1. The Morgan fingerprint density at radius 1 is 1.13 bits per heavy atom. The molecular weight excluding hydrogens is 510 g/mol. The molecule has 1 fully saturated rings. The number of carbonyl (C=O) groups is 1. The number of nitrogens with zero attached hydrogens (tertiary/aromatic N) is 2. The van der Waals surface area contributed by atoms with Gasteiger partial charge in [-0.3, -0.25) is 9.80 Å². The zero-order valence-electron chi connectivity index (χ0n) is 24.3. The van der Waals surface area contributed by atoms with Crippen LogP contribution >= 0.6 is 11.9 Å². The molecule has 0 atom stereocenters. The molecule has 1 saturated carbocycles. The van der Waals surface area contributed by atoms with Crippen molar-refractivity contribution in [2.45, 2.75) is 65.8 Å². The van der Waals surface area contributed by atoms with Gasteiger partial charge in [-0.2, -0.15) is 0 Å². The van der Waals surface area contributed by atoms with E-state index in [-0.39, 0.29) is 11.3 Å². The summed E-state index contributed by atoms with van der Waals surface area (Å²) in [5.74, 6) is 12.9. The van der Waals surface area contributed by atoms with E-state index in [0.717, 1.165) is 40.9 Å². The minimum atomic E-state index is -0.281. The standard InChI is InChI=1S/C29H43N7O2S/c1-17-9-10-20(13-26(17)35(31)16-23(30)18(2)19(3)36(32)22-11-12-22)28(37)33-24-14-21(29(4,5)6)15-25(34-39-8)27(24)38-7/h9-10,13-16,22,34H,11-12,30-32H2,1-8H3,(H,33,37)/b19-18+,23-16-. The second kappa shape index (κ2) is 12.2. The van der Waals surface area contributed by atoms with Crippen molar-refractivity contribution in [3.05, 3.63) is 70.2 Å². The van der Waals surface area contributed by atoms with Crippen LogP contribution in [-0.4, -0.2) is 30.3 Å². The van der Waals surface area contributed by atoms with Crippen molar-refractivity contribution in [1.82, 2.24) is 5.01 Å². The fourth-order valence-corrected chi connectivity index (χ4v) is 4.50. The second-order valence-corrected chi connectivity index (χ2v) is 11.6. The third-order valence-corrected chi connectivity index (χ3v) is 7.37. The Kier molecular flexibility index (Phi) is 9.47. The van der Waals surface area contributed by atoms with Crippen LogP contribution in [0.25, 0.3) is 0 Å². The maximum atomic E-state index is 13.4. The first kappa shape index (κ1) is 30.2. The van der Waals surface area contributed by atoms with E-state index in [2.05, 4.69) is 30.8 Å². The van der Waals surface area contributed by atoms with Gasteiger partial charge in [-0.25, -0.2) is 11.7 Å². The molecule has 3 rings (SSSR count). The number of hydrogen-bond acceptors (Lipinski definition) is 9. The van der Waals surface area contributed by atoms with Crippen molar-refractivity contribution < 1.29 is 9.53 Å². The molecule has 0 aliphatic heterocycles. The molecule has 1 aliphatic carbocycles. The lowest BCUT2D eigenvalue weighted by Gasteiger charge is -2.24. The van der Waals surface area contributed by atoms with E-state index >= 15 is 0 Å². The molecule has 0 saturated heterocycles. The number of ether oxygens (including phenoxy) is 1. The second-order valence-electron chi connectivity index (χ2n) is 11.0. The van der Waals surface area contributed by atoms with Crippen molar-refractivity contribution in [2.24, 2.45) is 17.4 Å². The number of nitrogens with one attached hydrogen (secondary N) is 2. The summed E-state index contributed by atoms with van der Waals surface area (Å²) in [6, 6.07) is 9.75. The lowest BCUT2D eigenvalue weighted by molar-refractivity contribution is 0.102. The van der Waals surface area contributed by atoms with Crippen molar-refractivity contribution in [2.75, 3.05) is 28.4 Å². The molecule has 0 spiro atoms. The van der Waals surface area contributed by atoms with E-state index in [1.165, 1.54) is 17.0 Å². The average Bonchev–Trinajstić information content (AvgIpc) is 3.72. The van der Waals surface area contributed by atoms with E-state index in [1.54, 1.807) is 30.5 Å². The summed E-state index contributed by atoms with van der Waals surface area (Å²) in [6.45, 7) is 12.2. The molecule has 212 valence electrons. The summed E-state index contributed by atoms with van der Waals surface area (Å²) in [7, 11) is 1.59. The van der Waals surface area contributed by atoms with Crippen LogP contribution in [0.5, 0.6) is 5.75 Å². The molecule has 0 bridgehead atoms. The molecule has 10 heteroatoms. The van der Waals surface area contributed by atoms with Gasteiger partial charge in [-0.15, -0.1) is 0 Å². The highest BCUT2D eigenvalue weighted by Crippen LogP contribution is 2.40. The Bertz CT molecular complexity index is 1280. The quantitative estimate of drug-likeness (QED) is 0.114. The summed E-state index contributed by atoms with van der Waals surface area (Å²) in [5, 5.41) is 6.25. The largest absolute Gasteiger partial charge is 0.492 e. The van der Waals surface area contributed by atoms with Crippen LogP contribution in [0.15, 0.2) is 53.5 Å². The normalized spacial score (nSPS) is 14.5. The zero-order valence-corrected chi connectivity index (χ0v) is 25.1. The molecule has 39 heavy (non-hydrogen) atoms. The maximum absolute atomic E-state index is 13.4. The van der Waals surface area contributed by atoms with Gasteiger partial charge in [-0.05, 0) is 80.0 Å². The van der Waals surface area contributed by atoms with Gasteiger partial charge in [-0.1, -0.05) is 38.8 Å². The Morgan fingerprint density at radius 2 is 1.77 bits per heavy atom. The van der Waals surface area contributed by atoms with Gasteiger partial charge in [0.15, 0.2) is 5.75 Å². The van der Waals surface area contributed by atoms with Crippen LogP contribution in [-0.2, 0) is 5.41 Å². The topological polar surface area (TPSA) is 135 Å². The molecule has 0 radical (unpaired) electrons. The van der Waals surface area contributed by atoms with E-state index in [1.807, 2.05) is 45.2 Å². The minimum Gasteiger partial charge on any atom is -0.492 e. The number of carbonyl (C=O) groups excluding carboxylic acids is 1. The number of allylic oxidation sites excluding steroid dienone is 2. The van der Waals surface area contributed by atoms with Crippen molar-refractivity contribution in [3.8, 4) is 5.75 Å². The van der Waals surface area contributed by atoms with Crippen molar-refractivity contribution in [1.29, 1.82) is 0 Å². The van der Waals surface area contributed by atoms with Crippen LogP contribution in [0, 0.1) is 6.92 Å². The van der Waals surface area contributed by atoms with Gasteiger partial charge in [0, 0.05) is 29.8 Å². The first-order chi connectivity index (χ1) is 18.3. The third kappa shape index (κ3) is 7.20. The fraction of sp³-hybridized carbons (Fsp3) is 0.414. The lowest BCUT2D eigenvalue weighted by atomic mass is 9.86. The number of nitrogens with two attached hydrogens (primary N) is 3. The summed E-state index contributed by atoms with van der Waals surface area (Å²) >= 11 is 1.46. The molecule has 8 N–H and O–H groups in total. The van der Waals surface area contributed by atoms with Gasteiger partial charge < -0.3 is 25.5 Å². The van der Waals surface area contributed by atoms with E-state index in [4.69, 9.17) is 22.2 Å². The smallest absolute Gasteiger partial charge is 0.255 e. The monoisotopic (exact) mass is 553 g/mol. The molecule has 0 aromatic heterocycles. The van der Waals surface area contributed by atoms with Crippen LogP contribution in [0.3, 0.4) is 0 Å². The highest BCUT2D eigenvalue weighted by atomic mass is 32.2. The van der Waals surface area contributed by atoms with Crippen LogP contribution in [0.2, 0.25) is 0 Å². The summed E-state index contributed by atoms with van der Waals surface area (Å²) < 4.78 is 8.94. The molecule has 1 aliphatic rings. The van der Waals surface area contributed by atoms with Gasteiger partial charge in [0.2, 0.25) is 0 Å². The number of hydrogen-bond donors (Lipinski definition) is 5. The van der Waals surface area contributed by atoms with E-state index in [9.17, 15) is 4.79 Å². The number of rotatable bonds is 10. The third-order valence-electron chi connectivity index (χ3n) is 6.95. The summed E-state index contributed by atoms with van der Waals surface area (Å²) in [6.07, 6.45) is 5.76. The van der Waals surface area contributed by atoms with Crippen molar-refractivity contribution in [3.63, 3.8) is 0 Å². The molecular formula is C29H43N7O2S. The number of aryl methyl sites for hydroxylation is 1. The van der Waals surface area contributed by atoms with Gasteiger partial charge >= 0.3 is 0 Å². The first-order valence-corrected chi connectivity index (χ1v) is 14.2. The number of amides is 1.